The van der Waals surface area contributed by atoms with Crippen molar-refractivity contribution >= 4 is 5.96 Å². The number of nitrogens with one attached hydrogen (secondary N) is 2. The molecule has 0 amide bonds. The van der Waals surface area contributed by atoms with E-state index in [0.717, 1.165) is 26.1 Å². The lowest BCUT2D eigenvalue weighted by Crippen LogP contribution is -2.39. The monoisotopic (exact) mass is 325 g/mol. The first kappa shape index (κ1) is 19.5. The molecule has 1 heterocycles. The maximum atomic E-state index is 10.0. The van der Waals surface area contributed by atoms with Gasteiger partial charge in [0.05, 0.1) is 18.9 Å². The topological polar surface area (TPSA) is 79.0 Å². The van der Waals surface area contributed by atoms with Crippen molar-refractivity contribution in [1.82, 2.24) is 10.6 Å². The minimum absolute atomic E-state index is 0.240. The van der Waals surface area contributed by atoms with Crippen LogP contribution in [0, 0.1) is 5.92 Å². The van der Waals surface area contributed by atoms with E-state index in [2.05, 4.69) is 29.5 Å². The van der Waals surface area contributed by atoms with E-state index in [4.69, 9.17) is 9.15 Å². The summed E-state index contributed by atoms with van der Waals surface area (Å²) in [5, 5.41) is 16.5. The third kappa shape index (κ3) is 7.52. The lowest BCUT2D eigenvalue weighted by molar-refractivity contribution is 0.0258. The number of ether oxygens (including phenoxy) is 1. The first-order valence-electron chi connectivity index (χ1n) is 8.43. The van der Waals surface area contributed by atoms with Crippen LogP contribution in [0.2, 0.25) is 0 Å². The Morgan fingerprint density at radius 1 is 1.35 bits per heavy atom. The summed E-state index contributed by atoms with van der Waals surface area (Å²) in [4.78, 5) is 4.40. The Kier molecular flexibility index (Phi) is 9.40. The Morgan fingerprint density at radius 2 is 2.13 bits per heavy atom. The van der Waals surface area contributed by atoms with Gasteiger partial charge in [-0.1, -0.05) is 13.8 Å². The summed E-state index contributed by atoms with van der Waals surface area (Å²) in [5.41, 5.74) is 0. The van der Waals surface area contributed by atoms with Crippen molar-refractivity contribution in [3.8, 4) is 0 Å². The van der Waals surface area contributed by atoms with Gasteiger partial charge in [0.25, 0.3) is 0 Å². The number of furan rings is 1. The second-order valence-electron chi connectivity index (χ2n) is 5.70. The van der Waals surface area contributed by atoms with Crippen LogP contribution in [-0.4, -0.2) is 43.4 Å². The SMILES string of the molecule is CCNC(=NCC(O)c1ccco1)NCCC(OCC)C(C)C. The van der Waals surface area contributed by atoms with Crippen molar-refractivity contribution in [3.05, 3.63) is 24.2 Å². The molecule has 0 spiro atoms. The van der Waals surface area contributed by atoms with E-state index in [1.807, 2.05) is 13.8 Å². The van der Waals surface area contributed by atoms with E-state index in [1.54, 1.807) is 18.4 Å². The van der Waals surface area contributed by atoms with Crippen LogP contribution in [0.3, 0.4) is 0 Å². The number of guanidine groups is 1. The fourth-order valence-electron chi connectivity index (χ4n) is 2.25. The van der Waals surface area contributed by atoms with Crippen LogP contribution < -0.4 is 10.6 Å². The van der Waals surface area contributed by atoms with Gasteiger partial charge in [-0.25, -0.2) is 0 Å². The van der Waals surface area contributed by atoms with Gasteiger partial charge < -0.3 is 24.9 Å². The van der Waals surface area contributed by atoms with Crippen LogP contribution in [0.25, 0.3) is 0 Å². The zero-order valence-corrected chi connectivity index (χ0v) is 14.7. The molecule has 0 aliphatic heterocycles. The molecule has 0 aliphatic carbocycles. The molecular formula is C17H31N3O3. The third-order valence-electron chi connectivity index (χ3n) is 3.48. The lowest BCUT2D eigenvalue weighted by Gasteiger charge is -2.21. The Morgan fingerprint density at radius 3 is 2.70 bits per heavy atom. The Balaban J connectivity index is 2.45. The standard InChI is InChI=1S/C17H31N3O3/c1-5-18-17(19-10-9-15(13(3)4)22-6-2)20-12-14(21)16-8-7-11-23-16/h7-8,11,13-15,21H,5-6,9-10,12H2,1-4H3,(H2,18,19,20). The van der Waals surface area contributed by atoms with E-state index >= 15 is 0 Å². The average molecular weight is 325 g/mol. The highest BCUT2D eigenvalue weighted by Crippen LogP contribution is 2.13. The largest absolute Gasteiger partial charge is 0.467 e. The molecule has 0 aliphatic rings. The Hall–Kier alpha value is -1.53. The zero-order valence-electron chi connectivity index (χ0n) is 14.7. The quantitative estimate of drug-likeness (QED) is 0.454. The van der Waals surface area contributed by atoms with Gasteiger partial charge in [0, 0.05) is 19.7 Å². The van der Waals surface area contributed by atoms with Crippen LogP contribution in [0.1, 0.15) is 46.0 Å². The van der Waals surface area contributed by atoms with Gasteiger partial charge in [-0.05, 0) is 38.3 Å². The Bertz CT molecular complexity index is 432. The molecule has 132 valence electrons. The predicted octanol–water partition coefficient (Wildman–Crippen LogP) is 2.32. The van der Waals surface area contributed by atoms with Crippen LogP contribution in [0.5, 0.6) is 0 Å². The normalized spacial score (nSPS) is 14.8. The van der Waals surface area contributed by atoms with E-state index in [1.165, 1.54) is 0 Å². The zero-order chi connectivity index (χ0) is 17.1. The van der Waals surface area contributed by atoms with Crippen molar-refractivity contribution in [2.24, 2.45) is 10.9 Å². The molecule has 2 atom stereocenters. The summed E-state index contributed by atoms with van der Waals surface area (Å²) in [7, 11) is 0. The molecule has 6 nitrogen and oxygen atoms in total. The second-order valence-corrected chi connectivity index (χ2v) is 5.70. The van der Waals surface area contributed by atoms with Gasteiger partial charge >= 0.3 is 0 Å². The maximum Gasteiger partial charge on any atom is 0.191 e. The minimum Gasteiger partial charge on any atom is -0.467 e. The van der Waals surface area contributed by atoms with Crippen molar-refractivity contribution in [3.63, 3.8) is 0 Å². The van der Waals surface area contributed by atoms with Crippen LogP contribution in [0.4, 0.5) is 0 Å². The molecule has 1 aromatic rings. The molecule has 23 heavy (non-hydrogen) atoms. The molecule has 0 radical (unpaired) electrons. The molecule has 1 rings (SSSR count). The molecule has 0 saturated carbocycles. The number of rotatable bonds is 10. The highest BCUT2D eigenvalue weighted by atomic mass is 16.5. The van der Waals surface area contributed by atoms with Crippen molar-refractivity contribution < 1.29 is 14.3 Å². The number of aliphatic hydroxyl groups excluding tert-OH is 1. The summed E-state index contributed by atoms with van der Waals surface area (Å²) in [6.07, 6.45) is 1.97. The number of aliphatic hydroxyl groups is 1. The van der Waals surface area contributed by atoms with Crippen LogP contribution in [-0.2, 0) is 4.74 Å². The highest BCUT2D eigenvalue weighted by molar-refractivity contribution is 5.79. The minimum atomic E-state index is -0.729. The summed E-state index contributed by atoms with van der Waals surface area (Å²) in [6.45, 7) is 10.9. The first-order valence-corrected chi connectivity index (χ1v) is 8.43. The van der Waals surface area contributed by atoms with Gasteiger partial charge in [-0.2, -0.15) is 0 Å². The van der Waals surface area contributed by atoms with Crippen molar-refractivity contribution in [2.45, 2.75) is 46.3 Å². The fourth-order valence-corrected chi connectivity index (χ4v) is 2.25. The van der Waals surface area contributed by atoms with Crippen molar-refractivity contribution in [1.29, 1.82) is 0 Å². The third-order valence-corrected chi connectivity index (χ3v) is 3.48. The molecule has 6 heteroatoms. The molecule has 0 fully saturated rings. The van der Waals surface area contributed by atoms with Gasteiger partial charge in [0.2, 0.25) is 0 Å². The molecule has 0 aromatic carbocycles. The van der Waals surface area contributed by atoms with E-state index in [9.17, 15) is 5.11 Å². The van der Waals surface area contributed by atoms with Gasteiger partial charge in [0.15, 0.2) is 5.96 Å². The highest BCUT2D eigenvalue weighted by Gasteiger charge is 2.13. The van der Waals surface area contributed by atoms with Crippen LogP contribution in [0.15, 0.2) is 27.8 Å². The molecule has 0 bridgehead atoms. The average Bonchev–Trinajstić information content (AvgIpc) is 3.05. The van der Waals surface area contributed by atoms with E-state index in [-0.39, 0.29) is 12.6 Å². The molecule has 2 unspecified atom stereocenters. The van der Waals surface area contributed by atoms with Gasteiger partial charge in [-0.15, -0.1) is 0 Å². The smallest absolute Gasteiger partial charge is 0.191 e. The van der Waals surface area contributed by atoms with Gasteiger partial charge in [-0.3, -0.25) is 4.99 Å². The summed E-state index contributed by atoms with van der Waals surface area (Å²) in [5.74, 6) is 1.70. The van der Waals surface area contributed by atoms with Gasteiger partial charge in [0.1, 0.15) is 11.9 Å². The van der Waals surface area contributed by atoms with E-state index in [0.29, 0.717) is 17.6 Å². The number of hydrogen-bond donors (Lipinski definition) is 3. The van der Waals surface area contributed by atoms with E-state index < -0.39 is 6.10 Å². The molecule has 1 aromatic heterocycles. The number of aliphatic imine (C=N–C) groups is 1. The molecular weight excluding hydrogens is 294 g/mol. The fraction of sp³-hybridized carbons (Fsp3) is 0.706. The first-order chi connectivity index (χ1) is 11.1. The second kappa shape index (κ2) is 11.1. The Labute approximate surface area is 139 Å². The summed E-state index contributed by atoms with van der Waals surface area (Å²) >= 11 is 0. The lowest BCUT2D eigenvalue weighted by atomic mass is 10.0. The van der Waals surface area contributed by atoms with Crippen LogP contribution >= 0.6 is 0 Å². The molecule has 3 N–H and O–H groups in total. The maximum absolute atomic E-state index is 10.0. The van der Waals surface area contributed by atoms with Crippen molar-refractivity contribution in [2.75, 3.05) is 26.2 Å². The summed E-state index contributed by atoms with van der Waals surface area (Å²) in [6, 6.07) is 3.50. The molecule has 0 saturated heterocycles. The number of nitrogens with zero attached hydrogens (tertiary/aromatic N) is 1. The number of hydrogen-bond acceptors (Lipinski definition) is 4. The summed E-state index contributed by atoms with van der Waals surface area (Å²) < 4.78 is 10.9. The predicted molar refractivity (Wildman–Crippen MR) is 92.5 cm³/mol.